The van der Waals surface area contributed by atoms with E-state index in [1.165, 1.54) is 16.2 Å². The molecule has 0 unspecified atom stereocenters. The number of hydrogen-bond donors (Lipinski definition) is 1. The number of carbonyl (C=O) groups excluding carboxylic acids is 2. The summed E-state index contributed by atoms with van der Waals surface area (Å²) in [5, 5.41) is 5.01. The number of rotatable bonds is 2. The van der Waals surface area contributed by atoms with Gasteiger partial charge in [-0.25, -0.2) is 4.98 Å². The molecule has 6 nitrogen and oxygen atoms in total. The van der Waals surface area contributed by atoms with E-state index in [0.717, 1.165) is 0 Å². The van der Waals surface area contributed by atoms with E-state index in [0.29, 0.717) is 22.1 Å². The number of amides is 2. The molecule has 3 rings (SSSR count). The van der Waals surface area contributed by atoms with Crippen molar-refractivity contribution in [2.45, 2.75) is 0 Å². The summed E-state index contributed by atoms with van der Waals surface area (Å²) in [6, 6.07) is 4.98. The van der Waals surface area contributed by atoms with Crippen LogP contribution in [0.5, 0.6) is 5.75 Å². The molecule has 0 aliphatic carbocycles. The summed E-state index contributed by atoms with van der Waals surface area (Å²) in [6.45, 7) is 0.0220. The van der Waals surface area contributed by atoms with Crippen LogP contribution in [0.3, 0.4) is 0 Å². The number of hydrogen-bond acceptors (Lipinski definition) is 5. The molecule has 0 saturated heterocycles. The number of nitrogens with one attached hydrogen (secondary N) is 1. The van der Waals surface area contributed by atoms with Gasteiger partial charge in [-0.3, -0.25) is 14.9 Å². The minimum atomic E-state index is -0.269. The highest BCUT2D eigenvalue weighted by molar-refractivity contribution is 7.13. The molecule has 0 atom stereocenters. The van der Waals surface area contributed by atoms with Gasteiger partial charge in [0.1, 0.15) is 5.75 Å². The maximum atomic E-state index is 12.1. The fraction of sp³-hybridized carbons (Fsp3) is 0.154. The summed E-state index contributed by atoms with van der Waals surface area (Å²) in [5.74, 6) is 0.182. The van der Waals surface area contributed by atoms with Crippen molar-refractivity contribution in [2.75, 3.05) is 23.9 Å². The van der Waals surface area contributed by atoms with Gasteiger partial charge >= 0.3 is 0 Å². The lowest BCUT2D eigenvalue weighted by molar-refractivity contribution is -0.120. The third-order valence-corrected chi connectivity index (χ3v) is 3.65. The molecule has 2 amide bonds. The van der Waals surface area contributed by atoms with Gasteiger partial charge in [0.05, 0.1) is 5.69 Å². The molecule has 102 valence electrons. The van der Waals surface area contributed by atoms with Crippen molar-refractivity contribution in [1.29, 1.82) is 0 Å². The standard InChI is InChI=1S/C13H11N3O3S/c1-16-9-6-8(2-3-10(9)19-7-11(16)17)12(18)15-13-14-4-5-20-13/h2-6H,7H2,1H3,(H,14,15,18). The van der Waals surface area contributed by atoms with Crippen LogP contribution in [0.2, 0.25) is 0 Å². The second-order valence-electron chi connectivity index (χ2n) is 4.22. The van der Waals surface area contributed by atoms with Gasteiger partial charge in [0.2, 0.25) is 0 Å². The van der Waals surface area contributed by atoms with Gasteiger partial charge in [-0.05, 0) is 18.2 Å². The fourth-order valence-corrected chi connectivity index (χ4v) is 2.39. The lowest BCUT2D eigenvalue weighted by Crippen LogP contribution is -2.35. The highest BCUT2D eigenvalue weighted by Crippen LogP contribution is 2.32. The molecule has 2 heterocycles. The molecular formula is C13H11N3O3S. The van der Waals surface area contributed by atoms with Crippen LogP contribution in [-0.4, -0.2) is 30.5 Å². The Kier molecular flexibility index (Phi) is 3.11. The first-order chi connectivity index (χ1) is 9.65. The molecule has 0 fully saturated rings. The summed E-state index contributed by atoms with van der Waals surface area (Å²) in [5.41, 5.74) is 1.04. The molecule has 1 aliphatic heterocycles. The number of thiazole rings is 1. The summed E-state index contributed by atoms with van der Waals surface area (Å²) in [7, 11) is 1.66. The minimum Gasteiger partial charge on any atom is -0.482 e. The fourth-order valence-electron chi connectivity index (χ4n) is 1.87. The third-order valence-electron chi connectivity index (χ3n) is 2.96. The first-order valence-corrected chi connectivity index (χ1v) is 6.77. The summed E-state index contributed by atoms with van der Waals surface area (Å²) in [6.07, 6.45) is 1.62. The number of fused-ring (bicyclic) bond motifs is 1. The van der Waals surface area contributed by atoms with Crippen LogP contribution < -0.4 is 15.0 Å². The second kappa shape index (κ2) is 4.93. The van der Waals surface area contributed by atoms with Crippen LogP contribution in [0.15, 0.2) is 29.8 Å². The Hall–Kier alpha value is -2.41. The van der Waals surface area contributed by atoms with E-state index in [9.17, 15) is 9.59 Å². The number of benzene rings is 1. The average Bonchev–Trinajstić information content (AvgIpc) is 2.95. The second-order valence-corrected chi connectivity index (χ2v) is 5.11. The average molecular weight is 289 g/mol. The van der Waals surface area contributed by atoms with Crippen LogP contribution in [0.25, 0.3) is 0 Å². The minimum absolute atomic E-state index is 0.0220. The number of nitrogens with zero attached hydrogens (tertiary/aromatic N) is 2. The predicted octanol–water partition coefficient (Wildman–Crippen LogP) is 1.75. The summed E-state index contributed by atoms with van der Waals surface area (Å²) in [4.78, 5) is 29.2. The molecule has 1 aromatic heterocycles. The van der Waals surface area contributed by atoms with Crippen LogP contribution >= 0.6 is 11.3 Å². The molecule has 0 saturated carbocycles. The highest BCUT2D eigenvalue weighted by atomic mass is 32.1. The number of aromatic nitrogens is 1. The predicted molar refractivity (Wildman–Crippen MR) is 75.4 cm³/mol. The van der Waals surface area contributed by atoms with Crippen molar-refractivity contribution in [3.63, 3.8) is 0 Å². The maximum absolute atomic E-state index is 12.1. The monoisotopic (exact) mass is 289 g/mol. The normalized spacial score (nSPS) is 13.7. The molecular weight excluding hydrogens is 278 g/mol. The van der Waals surface area contributed by atoms with E-state index in [2.05, 4.69) is 10.3 Å². The van der Waals surface area contributed by atoms with Crippen molar-refractivity contribution in [3.05, 3.63) is 35.3 Å². The Labute approximate surface area is 119 Å². The van der Waals surface area contributed by atoms with Gasteiger partial charge < -0.3 is 9.64 Å². The zero-order valence-electron chi connectivity index (χ0n) is 10.6. The maximum Gasteiger partial charge on any atom is 0.264 e. The van der Waals surface area contributed by atoms with Gasteiger partial charge in [0.25, 0.3) is 11.8 Å². The smallest absolute Gasteiger partial charge is 0.264 e. The van der Waals surface area contributed by atoms with E-state index in [1.807, 2.05) is 0 Å². The number of anilines is 2. The molecule has 0 radical (unpaired) electrons. The number of ether oxygens (including phenoxy) is 1. The molecule has 7 heteroatoms. The van der Waals surface area contributed by atoms with Gasteiger partial charge in [0, 0.05) is 24.2 Å². The van der Waals surface area contributed by atoms with Gasteiger partial charge in [0.15, 0.2) is 11.7 Å². The largest absolute Gasteiger partial charge is 0.482 e. The molecule has 2 aromatic rings. The number of carbonyl (C=O) groups is 2. The Morgan fingerprint density at radius 3 is 3.10 bits per heavy atom. The zero-order valence-corrected chi connectivity index (χ0v) is 11.4. The van der Waals surface area contributed by atoms with Crippen LogP contribution in [0.4, 0.5) is 10.8 Å². The van der Waals surface area contributed by atoms with Crippen LogP contribution in [0, 0.1) is 0 Å². The lowest BCUT2D eigenvalue weighted by Gasteiger charge is -2.26. The van der Waals surface area contributed by atoms with E-state index >= 15 is 0 Å². The topological polar surface area (TPSA) is 71.5 Å². The first kappa shape index (κ1) is 12.6. The SMILES string of the molecule is CN1C(=O)COc2ccc(C(=O)Nc3nccs3)cc21. The van der Waals surface area contributed by atoms with E-state index in [4.69, 9.17) is 4.74 Å². The molecule has 0 spiro atoms. The van der Waals surface area contributed by atoms with Crippen molar-refractivity contribution in [2.24, 2.45) is 0 Å². The summed E-state index contributed by atoms with van der Waals surface area (Å²) >= 11 is 1.34. The Bertz CT molecular complexity index is 670. The summed E-state index contributed by atoms with van der Waals surface area (Å²) < 4.78 is 5.31. The Morgan fingerprint density at radius 1 is 1.50 bits per heavy atom. The lowest BCUT2D eigenvalue weighted by atomic mass is 10.1. The molecule has 20 heavy (non-hydrogen) atoms. The molecule has 0 bridgehead atoms. The van der Waals surface area contributed by atoms with Crippen molar-refractivity contribution < 1.29 is 14.3 Å². The molecule has 1 N–H and O–H groups in total. The van der Waals surface area contributed by atoms with Crippen molar-refractivity contribution in [1.82, 2.24) is 4.98 Å². The van der Waals surface area contributed by atoms with E-state index in [1.54, 1.807) is 36.8 Å². The zero-order chi connectivity index (χ0) is 14.1. The number of likely N-dealkylation sites (N-methyl/N-ethyl adjacent to an activating group) is 1. The molecule has 1 aliphatic rings. The third kappa shape index (κ3) is 2.23. The van der Waals surface area contributed by atoms with Gasteiger partial charge in [-0.1, -0.05) is 0 Å². The van der Waals surface area contributed by atoms with E-state index in [-0.39, 0.29) is 18.4 Å². The van der Waals surface area contributed by atoms with Crippen molar-refractivity contribution in [3.8, 4) is 5.75 Å². The van der Waals surface area contributed by atoms with Crippen LogP contribution in [-0.2, 0) is 4.79 Å². The van der Waals surface area contributed by atoms with Gasteiger partial charge in [-0.15, -0.1) is 11.3 Å². The van der Waals surface area contributed by atoms with Crippen LogP contribution in [0.1, 0.15) is 10.4 Å². The van der Waals surface area contributed by atoms with E-state index < -0.39 is 0 Å². The quantitative estimate of drug-likeness (QED) is 0.914. The highest BCUT2D eigenvalue weighted by Gasteiger charge is 2.23. The Morgan fingerprint density at radius 2 is 2.35 bits per heavy atom. The first-order valence-electron chi connectivity index (χ1n) is 5.89. The molecule has 1 aromatic carbocycles. The Balaban J connectivity index is 1.88. The van der Waals surface area contributed by atoms with Crippen molar-refractivity contribution >= 4 is 34.0 Å². The van der Waals surface area contributed by atoms with Gasteiger partial charge in [-0.2, -0.15) is 0 Å².